The summed E-state index contributed by atoms with van der Waals surface area (Å²) in [6, 6.07) is 10.2. The first kappa shape index (κ1) is 17.9. The third-order valence-electron chi connectivity index (χ3n) is 5.77. The van der Waals surface area contributed by atoms with Gasteiger partial charge in [-0.1, -0.05) is 24.3 Å². The third-order valence-corrected chi connectivity index (χ3v) is 5.77. The van der Waals surface area contributed by atoms with Crippen molar-refractivity contribution in [3.05, 3.63) is 71.2 Å². The molecule has 2 aliphatic rings. The number of nitrogens with one attached hydrogen (secondary N) is 2. The van der Waals surface area contributed by atoms with Crippen LogP contribution in [0.1, 0.15) is 33.5 Å². The fraction of sp³-hybridized carbons (Fsp3) is 0.304. The molecule has 146 valence electrons. The summed E-state index contributed by atoms with van der Waals surface area (Å²) in [6.07, 6.45) is 9.29. The van der Waals surface area contributed by atoms with Crippen molar-refractivity contribution >= 4 is 11.9 Å². The fourth-order valence-electron chi connectivity index (χ4n) is 4.24. The molecule has 1 saturated heterocycles. The summed E-state index contributed by atoms with van der Waals surface area (Å²) in [5, 5.41) is 6.22. The normalized spacial score (nSPS) is 17.4. The molecule has 2 aromatic heterocycles. The van der Waals surface area contributed by atoms with Crippen LogP contribution in [0, 0.1) is 5.92 Å². The Hall–Kier alpha value is -3.12. The van der Waals surface area contributed by atoms with Gasteiger partial charge in [-0.25, -0.2) is 9.97 Å². The summed E-state index contributed by atoms with van der Waals surface area (Å²) in [4.78, 5) is 26.1. The van der Waals surface area contributed by atoms with Gasteiger partial charge in [0.25, 0.3) is 5.91 Å². The lowest BCUT2D eigenvalue weighted by Gasteiger charge is -2.18. The van der Waals surface area contributed by atoms with Crippen LogP contribution in [0.4, 0.5) is 5.95 Å². The summed E-state index contributed by atoms with van der Waals surface area (Å²) < 4.78 is 0. The van der Waals surface area contributed by atoms with Crippen molar-refractivity contribution < 1.29 is 4.79 Å². The van der Waals surface area contributed by atoms with E-state index < -0.39 is 0 Å². The van der Waals surface area contributed by atoms with Gasteiger partial charge in [0.05, 0.1) is 11.3 Å². The lowest BCUT2D eigenvalue weighted by atomic mass is 9.90. The highest BCUT2D eigenvalue weighted by Crippen LogP contribution is 2.31. The number of anilines is 1. The van der Waals surface area contributed by atoms with Gasteiger partial charge in [-0.15, -0.1) is 0 Å². The second-order valence-electron chi connectivity index (χ2n) is 7.82. The largest absolute Gasteiger partial charge is 0.316 e. The lowest BCUT2D eigenvalue weighted by molar-refractivity contribution is 0.102. The highest BCUT2D eigenvalue weighted by Gasteiger charge is 2.19. The first-order valence-electron chi connectivity index (χ1n) is 10.2. The van der Waals surface area contributed by atoms with E-state index in [2.05, 4.69) is 43.8 Å². The van der Waals surface area contributed by atoms with Crippen molar-refractivity contribution in [1.29, 1.82) is 0 Å². The molecular weight excluding hydrogens is 362 g/mol. The van der Waals surface area contributed by atoms with Gasteiger partial charge in [-0.3, -0.25) is 15.1 Å². The number of benzene rings is 1. The van der Waals surface area contributed by atoms with Gasteiger partial charge in [-0.05, 0) is 67.4 Å². The van der Waals surface area contributed by atoms with E-state index in [1.807, 2.05) is 24.5 Å². The molecular formula is C23H23N5O. The molecule has 0 bridgehead atoms. The van der Waals surface area contributed by atoms with E-state index >= 15 is 0 Å². The van der Waals surface area contributed by atoms with Crippen LogP contribution in [0.2, 0.25) is 0 Å². The van der Waals surface area contributed by atoms with E-state index in [1.165, 1.54) is 12.0 Å². The number of amides is 1. The molecule has 1 unspecified atom stereocenters. The van der Waals surface area contributed by atoms with Crippen LogP contribution >= 0.6 is 0 Å². The van der Waals surface area contributed by atoms with Crippen molar-refractivity contribution in [3.63, 3.8) is 0 Å². The number of carbonyl (C=O) groups excluding carboxylic acids is 1. The summed E-state index contributed by atoms with van der Waals surface area (Å²) in [5.41, 5.74) is 6.07. The van der Waals surface area contributed by atoms with Gasteiger partial charge in [0.2, 0.25) is 5.95 Å². The van der Waals surface area contributed by atoms with Crippen molar-refractivity contribution in [1.82, 2.24) is 20.3 Å². The van der Waals surface area contributed by atoms with Crippen LogP contribution in [0.3, 0.4) is 0 Å². The highest BCUT2D eigenvalue weighted by molar-refractivity contribution is 6.03. The zero-order valence-electron chi connectivity index (χ0n) is 16.2. The van der Waals surface area contributed by atoms with Crippen LogP contribution in [0.15, 0.2) is 48.9 Å². The SMILES string of the molecule is O=C(Nc1ncc2c(n1)-c1ccccc1CC2)c1cncc(CC2CCNC2)c1. The Morgan fingerprint density at radius 1 is 1.14 bits per heavy atom. The molecule has 1 aliphatic heterocycles. The number of nitrogens with zero attached hydrogens (tertiary/aromatic N) is 3. The molecule has 3 heterocycles. The highest BCUT2D eigenvalue weighted by atomic mass is 16.1. The number of hydrogen-bond donors (Lipinski definition) is 2. The number of rotatable bonds is 4. The number of aromatic nitrogens is 3. The second kappa shape index (κ2) is 7.72. The zero-order chi connectivity index (χ0) is 19.6. The Bertz CT molecular complexity index is 1060. The lowest BCUT2D eigenvalue weighted by Crippen LogP contribution is -2.17. The summed E-state index contributed by atoms with van der Waals surface area (Å²) in [6.45, 7) is 2.10. The smallest absolute Gasteiger partial charge is 0.259 e. The number of carbonyl (C=O) groups is 1. The summed E-state index contributed by atoms with van der Waals surface area (Å²) in [5.74, 6) is 0.711. The minimum Gasteiger partial charge on any atom is -0.316 e. The maximum absolute atomic E-state index is 12.8. The molecule has 1 amide bonds. The van der Waals surface area contributed by atoms with E-state index in [4.69, 9.17) is 0 Å². The summed E-state index contributed by atoms with van der Waals surface area (Å²) >= 11 is 0. The van der Waals surface area contributed by atoms with Crippen molar-refractivity contribution in [2.75, 3.05) is 18.4 Å². The number of pyridine rings is 1. The molecule has 0 radical (unpaired) electrons. The molecule has 1 fully saturated rings. The van der Waals surface area contributed by atoms with Gasteiger partial charge in [0.1, 0.15) is 0 Å². The predicted molar refractivity (Wildman–Crippen MR) is 112 cm³/mol. The van der Waals surface area contributed by atoms with Gasteiger partial charge in [-0.2, -0.15) is 0 Å². The number of hydrogen-bond acceptors (Lipinski definition) is 5. The monoisotopic (exact) mass is 385 g/mol. The van der Waals surface area contributed by atoms with Crippen LogP contribution < -0.4 is 10.6 Å². The molecule has 1 atom stereocenters. The molecule has 1 aromatic carbocycles. The molecule has 2 N–H and O–H groups in total. The molecule has 3 aromatic rings. The Morgan fingerprint density at radius 3 is 2.93 bits per heavy atom. The van der Waals surface area contributed by atoms with Crippen LogP contribution in [0.25, 0.3) is 11.3 Å². The van der Waals surface area contributed by atoms with E-state index in [0.717, 1.165) is 54.7 Å². The quantitative estimate of drug-likeness (QED) is 0.722. The van der Waals surface area contributed by atoms with Gasteiger partial charge in [0.15, 0.2) is 0 Å². The van der Waals surface area contributed by atoms with Crippen molar-refractivity contribution in [3.8, 4) is 11.3 Å². The molecule has 29 heavy (non-hydrogen) atoms. The average molecular weight is 385 g/mol. The minimum absolute atomic E-state index is 0.229. The Labute approximate surface area is 169 Å². The van der Waals surface area contributed by atoms with E-state index in [9.17, 15) is 4.79 Å². The average Bonchev–Trinajstić information content (AvgIpc) is 3.27. The molecule has 6 nitrogen and oxygen atoms in total. The van der Waals surface area contributed by atoms with E-state index in [-0.39, 0.29) is 5.91 Å². The first-order chi connectivity index (χ1) is 14.3. The molecule has 5 rings (SSSR count). The second-order valence-corrected chi connectivity index (χ2v) is 7.82. The van der Waals surface area contributed by atoms with Crippen LogP contribution in [-0.2, 0) is 19.3 Å². The number of aryl methyl sites for hydroxylation is 2. The van der Waals surface area contributed by atoms with Crippen LogP contribution in [-0.4, -0.2) is 33.9 Å². The van der Waals surface area contributed by atoms with Gasteiger partial charge >= 0.3 is 0 Å². The summed E-state index contributed by atoms with van der Waals surface area (Å²) in [7, 11) is 0. The zero-order valence-corrected chi connectivity index (χ0v) is 16.2. The van der Waals surface area contributed by atoms with E-state index in [1.54, 1.807) is 6.20 Å². The van der Waals surface area contributed by atoms with E-state index in [0.29, 0.717) is 17.4 Å². The Balaban J connectivity index is 1.35. The Kier molecular flexibility index (Phi) is 4.77. The van der Waals surface area contributed by atoms with Crippen LogP contribution in [0.5, 0.6) is 0 Å². The third kappa shape index (κ3) is 3.76. The number of fused-ring (bicyclic) bond motifs is 3. The van der Waals surface area contributed by atoms with Gasteiger partial charge in [0, 0.05) is 24.2 Å². The van der Waals surface area contributed by atoms with Gasteiger partial charge < -0.3 is 5.32 Å². The Morgan fingerprint density at radius 2 is 2.03 bits per heavy atom. The molecule has 1 aliphatic carbocycles. The molecule has 0 spiro atoms. The fourth-order valence-corrected chi connectivity index (χ4v) is 4.24. The predicted octanol–water partition coefficient (Wildman–Crippen LogP) is 3.04. The minimum atomic E-state index is -0.229. The maximum atomic E-state index is 12.8. The van der Waals surface area contributed by atoms with Crippen molar-refractivity contribution in [2.24, 2.45) is 5.92 Å². The standard InChI is InChI=1S/C23H23N5O/c29-22(19-10-16(12-25-13-19)9-15-7-8-24-11-15)28-23-26-14-18-6-5-17-3-1-2-4-20(17)21(18)27-23/h1-4,10,12-15,24H,5-9,11H2,(H,26,27,28,29). The molecule has 0 saturated carbocycles. The maximum Gasteiger partial charge on any atom is 0.259 e. The first-order valence-corrected chi connectivity index (χ1v) is 10.2. The molecule has 6 heteroatoms. The van der Waals surface area contributed by atoms with Crippen molar-refractivity contribution in [2.45, 2.75) is 25.7 Å². The topological polar surface area (TPSA) is 79.8 Å².